The molecule has 0 saturated heterocycles. The molecule has 0 aromatic heterocycles. The zero-order valence-electron chi connectivity index (χ0n) is 12.4. The highest BCUT2D eigenvalue weighted by Crippen LogP contribution is 2.24. The van der Waals surface area contributed by atoms with Crippen molar-refractivity contribution in [1.82, 2.24) is 4.90 Å². The minimum atomic E-state index is 0.266. The Kier molecular flexibility index (Phi) is 7.28. The fraction of sp³-hybridized carbons (Fsp3) is 0.600. The second kappa shape index (κ2) is 8.46. The van der Waals surface area contributed by atoms with Gasteiger partial charge in [0.2, 0.25) is 0 Å². The van der Waals surface area contributed by atoms with E-state index in [9.17, 15) is 0 Å². The van der Waals surface area contributed by atoms with Gasteiger partial charge in [0.25, 0.3) is 0 Å². The zero-order valence-corrected chi connectivity index (χ0v) is 13.2. The van der Waals surface area contributed by atoms with Crippen LogP contribution >= 0.6 is 11.8 Å². The lowest BCUT2D eigenvalue weighted by Gasteiger charge is -2.33. The number of thioether (sulfide) groups is 1. The van der Waals surface area contributed by atoms with Crippen molar-refractivity contribution < 1.29 is 4.74 Å². The van der Waals surface area contributed by atoms with Crippen molar-refractivity contribution in [2.75, 3.05) is 32.7 Å². The summed E-state index contributed by atoms with van der Waals surface area (Å²) in [5.74, 6) is 2.07. The van der Waals surface area contributed by atoms with Crippen LogP contribution in [0.2, 0.25) is 0 Å². The van der Waals surface area contributed by atoms with E-state index in [0.717, 1.165) is 5.75 Å². The maximum absolute atomic E-state index is 5.96. The second-order valence-corrected chi connectivity index (χ2v) is 5.81. The third-order valence-electron chi connectivity index (χ3n) is 3.65. The summed E-state index contributed by atoms with van der Waals surface area (Å²) in [6, 6.07) is 9.00. The predicted molar refractivity (Wildman–Crippen MR) is 85.0 cm³/mol. The highest BCUT2D eigenvalue weighted by molar-refractivity contribution is 7.98. The number of likely N-dealkylation sites (N-methyl/N-ethyl adjacent to an activating group) is 1. The number of nitrogens with two attached hydrogens (primary N) is 1. The van der Waals surface area contributed by atoms with Crippen molar-refractivity contribution in [3.8, 4) is 5.75 Å². The fourth-order valence-corrected chi connectivity index (χ4v) is 2.74. The summed E-state index contributed by atoms with van der Waals surface area (Å²) < 4.78 is 5.20. The molecule has 0 aliphatic rings. The van der Waals surface area contributed by atoms with Crippen LogP contribution in [0.3, 0.4) is 0 Å². The molecule has 0 bridgehead atoms. The topological polar surface area (TPSA) is 38.5 Å². The van der Waals surface area contributed by atoms with Crippen molar-refractivity contribution in [3.63, 3.8) is 0 Å². The molecule has 2 N–H and O–H groups in total. The summed E-state index contributed by atoms with van der Waals surface area (Å²) in [5, 5.41) is 0. The Balaban J connectivity index is 2.74. The quantitative estimate of drug-likeness (QED) is 0.796. The van der Waals surface area contributed by atoms with E-state index < -0.39 is 0 Å². The number of benzene rings is 1. The van der Waals surface area contributed by atoms with Crippen LogP contribution in [0.25, 0.3) is 0 Å². The molecule has 2 atom stereocenters. The molecular weight excluding hydrogens is 256 g/mol. The van der Waals surface area contributed by atoms with Crippen LogP contribution < -0.4 is 10.5 Å². The fourth-order valence-electron chi connectivity index (χ4n) is 2.16. The van der Waals surface area contributed by atoms with Crippen LogP contribution in [-0.4, -0.2) is 43.7 Å². The third-order valence-corrected chi connectivity index (χ3v) is 4.29. The minimum absolute atomic E-state index is 0.266. The third kappa shape index (κ3) is 4.71. The van der Waals surface area contributed by atoms with E-state index in [-0.39, 0.29) is 6.04 Å². The molecule has 0 saturated carbocycles. The second-order valence-electron chi connectivity index (χ2n) is 4.82. The molecule has 4 heteroatoms. The molecule has 0 aliphatic carbocycles. The maximum Gasteiger partial charge on any atom is 0.118 e. The van der Waals surface area contributed by atoms with Crippen LogP contribution in [0, 0.1) is 0 Å². The molecule has 19 heavy (non-hydrogen) atoms. The van der Waals surface area contributed by atoms with Crippen LogP contribution in [0.5, 0.6) is 5.75 Å². The minimum Gasteiger partial charge on any atom is -0.497 e. The van der Waals surface area contributed by atoms with Crippen molar-refractivity contribution in [1.29, 1.82) is 0 Å². The summed E-state index contributed by atoms with van der Waals surface area (Å²) in [6.45, 7) is 2.90. The summed E-state index contributed by atoms with van der Waals surface area (Å²) in [5.41, 5.74) is 7.22. The molecule has 1 aromatic rings. The molecule has 0 heterocycles. The van der Waals surface area contributed by atoms with E-state index >= 15 is 0 Å². The molecule has 108 valence electrons. The van der Waals surface area contributed by atoms with Gasteiger partial charge >= 0.3 is 0 Å². The number of methoxy groups -OCH3 is 1. The smallest absolute Gasteiger partial charge is 0.118 e. The average molecular weight is 282 g/mol. The Labute approximate surface area is 121 Å². The van der Waals surface area contributed by atoms with E-state index in [1.54, 1.807) is 7.11 Å². The van der Waals surface area contributed by atoms with E-state index in [0.29, 0.717) is 12.6 Å². The summed E-state index contributed by atoms with van der Waals surface area (Å²) >= 11 is 1.89. The van der Waals surface area contributed by atoms with Gasteiger partial charge in [-0.2, -0.15) is 11.8 Å². The van der Waals surface area contributed by atoms with Gasteiger partial charge in [0.05, 0.1) is 7.11 Å². The van der Waals surface area contributed by atoms with Crippen molar-refractivity contribution in [2.24, 2.45) is 5.73 Å². The first-order valence-electron chi connectivity index (χ1n) is 6.69. The van der Waals surface area contributed by atoms with Gasteiger partial charge < -0.3 is 10.5 Å². The largest absolute Gasteiger partial charge is 0.497 e. The Bertz CT molecular complexity index is 356. The van der Waals surface area contributed by atoms with Gasteiger partial charge in [0, 0.05) is 18.6 Å². The first kappa shape index (κ1) is 16.3. The number of nitrogens with zero attached hydrogens (tertiary/aromatic N) is 1. The van der Waals surface area contributed by atoms with Crippen molar-refractivity contribution in [3.05, 3.63) is 29.8 Å². The number of ether oxygens (including phenoxy) is 1. The Morgan fingerprint density at radius 1 is 1.32 bits per heavy atom. The molecule has 0 aliphatic heterocycles. The van der Waals surface area contributed by atoms with Crippen molar-refractivity contribution in [2.45, 2.75) is 25.4 Å². The van der Waals surface area contributed by atoms with E-state index in [1.807, 2.05) is 23.9 Å². The summed E-state index contributed by atoms with van der Waals surface area (Å²) in [7, 11) is 3.85. The van der Waals surface area contributed by atoms with Gasteiger partial charge in [-0.25, -0.2) is 0 Å². The van der Waals surface area contributed by atoms with Crippen LogP contribution in [-0.2, 0) is 0 Å². The van der Waals surface area contributed by atoms with Gasteiger partial charge in [0.15, 0.2) is 0 Å². The molecule has 0 radical (unpaired) electrons. The van der Waals surface area contributed by atoms with E-state index in [4.69, 9.17) is 10.5 Å². The molecule has 0 fully saturated rings. The monoisotopic (exact) mass is 282 g/mol. The van der Waals surface area contributed by atoms with Gasteiger partial charge in [-0.1, -0.05) is 12.1 Å². The molecule has 1 aromatic carbocycles. The van der Waals surface area contributed by atoms with Gasteiger partial charge in [-0.3, -0.25) is 4.90 Å². The number of hydrogen-bond acceptors (Lipinski definition) is 4. The Morgan fingerprint density at radius 3 is 2.42 bits per heavy atom. The van der Waals surface area contributed by atoms with Crippen LogP contribution in [0.4, 0.5) is 0 Å². The molecular formula is C15H26N2OS. The molecule has 2 unspecified atom stereocenters. The molecule has 3 nitrogen and oxygen atoms in total. The standard InChI is InChI=1S/C15H26N2OS/c1-12(9-10-19-4)17(2)15(11-16)13-5-7-14(18-3)8-6-13/h5-8,12,15H,9-11,16H2,1-4H3. The lowest BCUT2D eigenvalue weighted by molar-refractivity contribution is 0.185. The van der Waals surface area contributed by atoms with Crippen LogP contribution in [0.15, 0.2) is 24.3 Å². The molecule has 1 rings (SSSR count). The highest BCUT2D eigenvalue weighted by atomic mass is 32.2. The summed E-state index contributed by atoms with van der Waals surface area (Å²) in [6.07, 6.45) is 3.33. The maximum atomic E-state index is 5.96. The first-order valence-corrected chi connectivity index (χ1v) is 8.08. The predicted octanol–water partition coefficient (Wildman–Crippen LogP) is 2.77. The first-order chi connectivity index (χ1) is 9.13. The molecule has 0 amide bonds. The number of hydrogen-bond donors (Lipinski definition) is 1. The average Bonchev–Trinajstić information content (AvgIpc) is 2.46. The van der Waals surface area contributed by atoms with Gasteiger partial charge in [-0.05, 0) is 50.1 Å². The molecule has 0 spiro atoms. The highest BCUT2D eigenvalue weighted by Gasteiger charge is 2.19. The summed E-state index contributed by atoms with van der Waals surface area (Å²) in [4.78, 5) is 2.37. The van der Waals surface area contributed by atoms with Crippen molar-refractivity contribution >= 4 is 11.8 Å². The lowest BCUT2D eigenvalue weighted by atomic mass is 10.0. The SMILES string of the molecule is COc1ccc(C(CN)N(C)C(C)CCSC)cc1. The zero-order chi connectivity index (χ0) is 14.3. The number of rotatable bonds is 8. The normalized spacial score (nSPS) is 14.4. The van der Waals surface area contributed by atoms with E-state index in [2.05, 4.69) is 37.3 Å². The lowest BCUT2D eigenvalue weighted by Crippen LogP contribution is -2.37. The Hall–Kier alpha value is -0.710. The van der Waals surface area contributed by atoms with Gasteiger partial charge in [0.1, 0.15) is 5.75 Å². The van der Waals surface area contributed by atoms with Gasteiger partial charge in [-0.15, -0.1) is 0 Å². The Morgan fingerprint density at radius 2 is 1.95 bits per heavy atom. The van der Waals surface area contributed by atoms with E-state index in [1.165, 1.54) is 17.7 Å². The van der Waals surface area contributed by atoms with Crippen LogP contribution in [0.1, 0.15) is 24.9 Å².